The maximum Gasteiger partial charge on any atom is 0.0438 e. The van der Waals surface area contributed by atoms with Gasteiger partial charge in [0.15, 0.2) is 0 Å². The van der Waals surface area contributed by atoms with E-state index in [0.717, 1.165) is 10.9 Å². The van der Waals surface area contributed by atoms with E-state index in [4.69, 9.17) is 11.6 Å². The van der Waals surface area contributed by atoms with E-state index in [1.54, 1.807) is 0 Å². The Balaban J connectivity index is 2.27. The lowest BCUT2D eigenvalue weighted by atomic mass is 10.0. The first kappa shape index (κ1) is 9.08. The molecule has 1 heteroatoms. The van der Waals surface area contributed by atoms with E-state index in [-0.39, 0.29) is 0 Å². The van der Waals surface area contributed by atoms with Crippen LogP contribution in [-0.2, 0) is 6.42 Å². The van der Waals surface area contributed by atoms with Crippen molar-refractivity contribution in [3.63, 3.8) is 0 Å². The molecule has 0 atom stereocenters. The zero-order valence-electron chi connectivity index (χ0n) is 8.23. The topological polar surface area (TPSA) is 0 Å². The van der Waals surface area contributed by atoms with E-state index in [1.807, 2.05) is 0 Å². The third-order valence-corrected chi connectivity index (χ3v) is 3.23. The third-order valence-electron chi connectivity index (χ3n) is 2.82. The van der Waals surface area contributed by atoms with Crippen LogP contribution < -0.4 is 0 Å². The molecule has 1 saturated carbocycles. The summed E-state index contributed by atoms with van der Waals surface area (Å²) in [4.78, 5) is 0. The smallest absolute Gasteiger partial charge is 0.0438 e. The maximum absolute atomic E-state index is 6.04. The summed E-state index contributed by atoms with van der Waals surface area (Å²) in [5.41, 5.74) is 4.05. The Kier molecular flexibility index (Phi) is 2.33. The predicted molar refractivity (Wildman–Crippen MR) is 57.4 cm³/mol. The normalized spacial score (nSPS) is 16.2. The van der Waals surface area contributed by atoms with Crippen molar-refractivity contribution >= 4 is 11.6 Å². The summed E-state index contributed by atoms with van der Waals surface area (Å²) in [6.07, 6.45) is 4.09. The van der Waals surface area contributed by atoms with Crippen LogP contribution >= 0.6 is 11.6 Å². The predicted octanol–water partition coefficient (Wildman–Crippen LogP) is 3.91. The fourth-order valence-corrected chi connectivity index (χ4v) is 1.91. The van der Waals surface area contributed by atoms with Crippen molar-refractivity contribution in [3.8, 4) is 0 Å². The van der Waals surface area contributed by atoms with E-state index in [1.165, 1.54) is 36.0 Å². The first-order valence-electron chi connectivity index (χ1n) is 4.92. The Bertz CT molecular complexity index is 324. The monoisotopic (exact) mass is 194 g/mol. The average molecular weight is 195 g/mol. The van der Waals surface area contributed by atoms with Crippen molar-refractivity contribution in [1.29, 1.82) is 0 Å². The highest BCUT2D eigenvalue weighted by molar-refractivity contribution is 6.31. The van der Waals surface area contributed by atoms with Gasteiger partial charge in [-0.2, -0.15) is 0 Å². The van der Waals surface area contributed by atoms with E-state index >= 15 is 0 Å². The number of aryl methyl sites for hydroxylation is 2. The molecule has 1 fully saturated rings. The highest BCUT2D eigenvalue weighted by atomic mass is 35.5. The van der Waals surface area contributed by atoms with Gasteiger partial charge in [-0.25, -0.2) is 0 Å². The molecule has 0 N–H and O–H groups in total. The zero-order chi connectivity index (χ0) is 9.42. The van der Waals surface area contributed by atoms with E-state index in [2.05, 4.69) is 26.0 Å². The molecule has 13 heavy (non-hydrogen) atoms. The van der Waals surface area contributed by atoms with E-state index < -0.39 is 0 Å². The minimum atomic E-state index is 0.900. The number of hydrogen-bond donors (Lipinski definition) is 0. The van der Waals surface area contributed by atoms with E-state index in [0.29, 0.717) is 0 Å². The highest BCUT2D eigenvalue weighted by Crippen LogP contribution is 2.34. The molecule has 1 aliphatic carbocycles. The van der Waals surface area contributed by atoms with Crippen LogP contribution in [0.1, 0.15) is 29.5 Å². The average Bonchev–Trinajstić information content (AvgIpc) is 2.84. The van der Waals surface area contributed by atoms with Crippen molar-refractivity contribution in [2.75, 3.05) is 0 Å². The summed E-state index contributed by atoms with van der Waals surface area (Å²) >= 11 is 6.04. The number of rotatable bonds is 2. The quantitative estimate of drug-likeness (QED) is 0.670. The van der Waals surface area contributed by atoms with Crippen LogP contribution in [0.5, 0.6) is 0 Å². The largest absolute Gasteiger partial charge is 0.0840 e. The second kappa shape index (κ2) is 3.34. The van der Waals surface area contributed by atoms with Crippen LogP contribution in [0.25, 0.3) is 0 Å². The molecule has 1 aromatic rings. The summed E-state index contributed by atoms with van der Waals surface area (Å²) in [5.74, 6) is 0.958. The third kappa shape index (κ3) is 2.05. The first-order valence-corrected chi connectivity index (χ1v) is 5.30. The fraction of sp³-hybridized carbons (Fsp3) is 0.500. The number of halogens is 1. The molecule has 0 unspecified atom stereocenters. The molecule has 0 aromatic heterocycles. The molecule has 0 radical (unpaired) electrons. The van der Waals surface area contributed by atoms with Crippen molar-refractivity contribution in [2.24, 2.45) is 5.92 Å². The van der Waals surface area contributed by atoms with E-state index in [9.17, 15) is 0 Å². The second-order valence-electron chi connectivity index (χ2n) is 4.18. The van der Waals surface area contributed by atoms with Gasteiger partial charge in [-0.3, -0.25) is 0 Å². The van der Waals surface area contributed by atoms with Crippen LogP contribution in [0.2, 0.25) is 5.02 Å². The van der Waals surface area contributed by atoms with Crippen molar-refractivity contribution in [2.45, 2.75) is 33.1 Å². The first-order chi connectivity index (χ1) is 6.16. The van der Waals surface area contributed by atoms with Gasteiger partial charge in [0, 0.05) is 5.02 Å². The van der Waals surface area contributed by atoms with Gasteiger partial charge in [0.2, 0.25) is 0 Å². The van der Waals surface area contributed by atoms with Gasteiger partial charge < -0.3 is 0 Å². The molecule has 0 heterocycles. The molecular weight excluding hydrogens is 180 g/mol. The summed E-state index contributed by atoms with van der Waals surface area (Å²) in [6, 6.07) is 4.34. The molecule has 0 amide bonds. The van der Waals surface area contributed by atoms with Gasteiger partial charge in [-0.1, -0.05) is 17.7 Å². The SMILES string of the molecule is Cc1cc(CC2CC2)c(C)cc1Cl. The summed E-state index contributed by atoms with van der Waals surface area (Å²) in [7, 11) is 0. The minimum Gasteiger partial charge on any atom is -0.0840 e. The van der Waals surface area contributed by atoms with Crippen LogP contribution in [0, 0.1) is 19.8 Å². The van der Waals surface area contributed by atoms with Gasteiger partial charge in [-0.15, -0.1) is 0 Å². The Morgan fingerprint density at radius 3 is 2.54 bits per heavy atom. The molecule has 0 spiro atoms. The van der Waals surface area contributed by atoms with Crippen molar-refractivity contribution < 1.29 is 0 Å². The fourth-order valence-electron chi connectivity index (χ4n) is 1.69. The van der Waals surface area contributed by atoms with Gasteiger partial charge in [0.25, 0.3) is 0 Å². The molecule has 0 aliphatic heterocycles. The molecule has 0 saturated heterocycles. The Labute approximate surface area is 84.9 Å². The van der Waals surface area contributed by atoms with Crippen LogP contribution in [0.3, 0.4) is 0 Å². The molecule has 1 aliphatic rings. The number of benzene rings is 1. The molecule has 1 aromatic carbocycles. The Morgan fingerprint density at radius 2 is 1.92 bits per heavy atom. The summed E-state index contributed by atoms with van der Waals surface area (Å²) in [5, 5.41) is 0.900. The second-order valence-corrected chi connectivity index (χ2v) is 4.58. The van der Waals surface area contributed by atoms with Gasteiger partial charge in [0.1, 0.15) is 0 Å². The molecule has 0 nitrogen and oxygen atoms in total. The van der Waals surface area contributed by atoms with Crippen molar-refractivity contribution in [1.82, 2.24) is 0 Å². The highest BCUT2D eigenvalue weighted by Gasteiger charge is 2.22. The Hall–Kier alpha value is -0.490. The Morgan fingerprint density at radius 1 is 1.23 bits per heavy atom. The van der Waals surface area contributed by atoms with Gasteiger partial charge >= 0.3 is 0 Å². The lowest BCUT2D eigenvalue weighted by Crippen LogP contribution is -1.92. The van der Waals surface area contributed by atoms with Crippen LogP contribution in [0.15, 0.2) is 12.1 Å². The van der Waals surface area contributed by atoms with Crippen molar-refractivity contribution in [3.05, 3.63) is 33.8 Å². The van der Waals surface area contributed by atoms with Crippen LogP contribution in [0.4, 0.5) is 0 Å². The maximum atomic E-state index is 6.04. The lowest BCUT2D eigenvalue weighted by molar-refractivity contribution is 0.825. The molecule has 0 bridgehead atoms. The summed E-state index contributed by atoms with van der Waals surface area (Å²) in [6.45, 7) is 4.24. The molecule has 70 valence electrons. The number of hydrogen-bond acceptors (Lipinski definition) is 0. The minimum absolute atomic E-state index is 0.900. The summed E-state index contributed by atoms with van der Waals surface area (Å²) < 4.78 is 0. The lowest BCUT2D eigenvalue weighted by Gasteiger charge is -2.07. The molecule has 2 rings (SSSR count). The zero-order valence-corrected chi connectivity index (χ0v) is 8.99. The van der Waals surface area contributed by atoms with Gasteiger partial charge in [-0.05, 0) is 61.8 Å². The molecular formula is C12H15Cl. The van der Waals surface area contributed by atoms with Crippen LogP contribution in [-0.4, -0.2) is 0 Å². The standard InChI is InChI=1S/C12H15Cl/c1-8-6-12(13)9(2)5-11(8)7-10-3-4-10/h5-6,10H,3-4,7H2,1-2H3. The van der Waals surface area contributed by atoms with Gasteiger partial charge in [0.05, 0.1) is 0 Å².